The fourth-order valence-electron chi connectivity index (χ4n) is 5.61. The van der Waals surface area contributed by atoms with Crippen molar-refractivity contribution in [2.75, 3.05) is 52.5 Å². The van der Waals surface area contributed by atoms with Crippen molar-refractivity contribution in [3.8, 4) is 11.3 Å². The number of nitrogens with zero attached hydrogens (tertiary/aromatic N) is 2. The zero-order chi connectivity index (χ0) is 26.6. The predicted molar refractivity (Wildman–Crippen MR) is 155 cm³/mol. The molecule has 1 aliphatic heterocycles. The van der Waals surface area contributed by atoms with Crippen molar-refractivity contribution < 1.29 is 4.79 Å². The van der Waals surface area contributed by atoms with Crippen LogP contribution in [-0.4, -0.2) is 73.2 Å². The SMILES string of the molecule is CCN(CC)C(=O)C(C)(C)c1ccc2[nH]c(-c3cc(C)cc(C)c3)c(CCNCN3CCNCC3)c2c1. The highest BCUT2D eigenvalue weighted by Gasteiger charge is 2.33. The van der Waals surface area contributed by atoms with E-state index in [0.717, 1.165) is 70.0 Å². The summed E-state index contributed by atoms with van der Waals surface area (Å²) in [5.41, 5.74) is 7.88. The lowest BCUT2D eigenvalue weighted by molar-refractivity contribution is -0.135. The smallest absolute Gasteiger partial charge is 0.232 e. The monoisotopic (exact) mass is 503 g/mol. The second kappa shape index (κ2) is 11.8. The summed E-state index contributed by atoms with van der Waals surface area (Å²) >= 11 is 0. The first-order chi connectivity index (χ1) is 17.7. The Labute approximate surface area is 222 Å². The average Bonchev–Trinajstić information content (AvgIpc) is 3.25. The Balaban J connectivity index is 1.69. The Morgan fingerprint density at radius 1 is 1.03 bits per heavy atom. The first-order valence-corrected chi connectivity index (χ1v) is 13.9. The third kappa shape index (κ3) is 6.08. The number of fused-ring (bicyclic) bond motifs is 1. The molecule has 6 nitrogen and oxygen atoms in total. The number of amides is 1. The summed E-state index contributed by atoms with van der Waals surface area (Å²) in [6, 6.07) is 13.3. The molecule has 0 aliphatic carbocycles. The van der Waals surface area contributed by atoms with Crippen molar-refractivity contribution in [1.82, 2.24) is 25.4 Å². The predicted octanol–water partition coefficient (Wildman–Crippen LogP) is 4.59. The molecule has 0 unspecified atom stereocenters. The Hall–Kier alpha value is -2.67. The number of H-pyrrole nitrogens is 1. The fraction of sp³-hybridized carbons (Fsp3) is 0.516. The standard InChI is InChI=1S/C31H45N5O/c1-7-36(8-2)30(37)31(5,6)25-9-10-28-27(20-25)26(11-12-33-21-35-15-13-32-14-16-35)29(34-28)24-18-22(3)17-23(4)19-24/h9-10,17-20,32-34H,7-8,11-16,21H2,1-6H3. The minimum Gasteiger partial charge on any atom is -0.354 e. The maximum absolute atomic E-state index is 13.4. The molecule has 2 heterocycles. The van der Waals surface area contributed by atoms with Crippen LogP contribution in [0.5, 0.6) is 0 Å². The molecule has 0 spiro atoms. The third-order valence-electron chi connectivity index (χ3n) is 7.82. The minimum atomic E-state index is -0.588. The highest BCUT2D eigenvalue weighted by atomic mass is 16.2. The van der Waals surface area contributed by atoms with Crippen LogP contribution in [-0.2, 0) is 16.6 Å². The van der Waals surface area contributed by atoms with E-state index in [4.69, 9.17) is 0 Å². The molecule has 3 aromatic rings. The van der Waals surface area contributed by atoms with E-state index in [1.165, 1.54) is 33.3 Å². The van der Waals surface area contributed by atoms with Gasteiger partial charge in [-0.3, -0.25) is 9.69 Å². The summed E-state index contributed by atoms with van der Waals surface area (Å²) in [5.74, 6) is 0.182. The van der Waals surface area contributed by atoms with E-state index < -0.39 is 5.41 Å². The number of hydrogen-bond acceptors (Lipinski definition) is 4. The van der Waals surface area contributed by atoms with Crippen LogP contribution in [0.1, 0.15) is 49.9 Å². The number of nitrogens with one attached hydrogen (secondary N) is 3. The molecule has 200 valence electrons. The molecule has 2 aromatic carbocycles. The molecule has 3 N–H and O–H groups in total. The Morgan fingerprint density at radius 3 is 2.35 bits per heavy atom. The molecule has 1 aromatic heterocycles. The number of carbonyl (C=O) groups is 1. The molecule has 37 heavy (non-hydrogen) atoms. The van der Waals surface area contributed by atoms with Gasteiger partial charge in [-0.1, -0.05) is 23.3 Å². The van der Waals surface area contributed by atoms with Gasteiger partial charge in [0, 0.05) is 69.1 Å². The number of carbonyl (C=O) groups excluding carboxylic acids is 1. The van der Waals surface area contributed by atoms with Gasteiger partial charge in [-0.05, 0) is 88.9 Å². The molecule has 0 atom stereocenters. The summed E-state index contributed by atoms with van der Waals surface area (Å²) < 4.78 is 0. The van der Waals surface area contributed by atoms with Crippen molar-refractivity contribution in [3.63, 3.8) is 0 Å². The zero-order valence-corrected chi connectivity index (χ0v) is 23.6. The van der Waals surface area contributed by atoms with Crippen LogP contribution in [0.2, 0.25) is 0 Å². The van der Waals surface area contributed by atoms with Gasteiger partial charge in [0.25, 0.3) is 0 Å². The zero-order valence-electron chi connectivity index (χ0n) is 23.6. The number of hydrogen-bond donors (Lipinski definition) is 3. The van der Waals surface area contributed by atoms with Crippen molar-refractivity contribution in [1.29, 1.82) is 0 Å². The van der Waals surface area contributed by atoms with Gasteiger partial charge in [-0.2, -0.15) is 0 Å². The van der Waals surface area contributed by atoms with Gasteiger partial charge in [0.05, 0.1) is 5.41 Å². The Kier molecular flexibility index (Phi) is 8.73. The van der Waals surface area contributed by atoms with Crippen LogP contribution in [0.15, 0.2) is 36.4 Å². The van der Waals surface area contributed by atoms with E-state index in [0.29, 0.717) is 0 Å². The molecular weight excluding hydrogens is 458 g/mol. The molecule has 1 fully saturated rings. The molecule has 0 radical (unpaired) electrons. The topological polar surface area (TPSA) is 63.4 Å². The molecule has 1 aliphatic rings. The molecule has 1 saturated heterocycles. The maximum atomic E-state index is 13.4. The van der Waals surface area contributed by atoms with Crippen molar-refractivity contribution >= 4 is 16.8 Å². The van der Waals surface area contributed by atoms with Gasteiger partial charge in [0.15, 0.2) is 0 Å². The summed E-state index contributed by atoms with van der Waals surface area (Å²) in [6.07, 6.45) is 0.919. The maximum Gasteiger partial charge on any atom is 0.232 e. The van der Waals surface area contributed by atoms with Crippen LogP contribution in [0.3, 0.4) is 0 Å². The Bertz CT molecular complexity index is 1200. The highest BCUT2D eigenvalue weighted by Crippen LogP contribution is 2.35. The summed E-state index contributed by atoms with van der Waals surface area (Å²) in [5, 5.41) is 8.32. The number of likely N-dealkylation sites (N-methyl/N-ethyl adjacent to an activating group) is 1. The van der Waals surface area contributed by atoms with E-state index in [1.54, 1.807) is 0 Å². The largest absolute Gasteiger partial charge is 0.354 e. The number of aromatic amines is 1. The van der Waals surface area contributed by atoms with E-state index in [-0.39, 0.29) is 5.91 Å². The van der Waals surface area contributed by atoms with Crippen LogP contribution >= 0.6 is 0 Å². The number of aromatic nitrogens is 1. The molecule has 4 rings (SSSR count). The fourth-order valence-corrected chi connectivity index (χ4v) is 5.61. The number of benzene rings is 2. The van der Waals surface area contributed by atoms with Crippen LogP contribution in [0, 0.1) is 13.8 Å². The van der Waals surface area contributed by atoms with Gasteiger partial charge in [0.1, 0.15) is 0 Å². The lowest BCUT2D eigenvalue weighted by Crippen LogP contribution is -2.47. The summed E-state index contributed by atoms with van der Waals surface area (Å²) in [4.78, 5) is 21.5. The third-order valence-corrected chi connectivity index (χ3v) is 7.82. The van der Waals surface area contributed by atoms with E-state index in [2.05, 4.69) is 98.5 Å². The minimum absolute atomic E-state index is 0.182. The number of aryl methyl sites for hydroxylation is 2. The van der Waals surface area contributed by atoms with Crippen molar-refractivity contribution in [2.45, 2.75) is 53.4 Å². The summed E-state index contributed by atoms with van der Waals surface area (Å²) in [6.45, 7) is 20.1. The average molecular weight is 504 g/mol. The van der Waals surface area contributed by atoms with Crippen LogP contribution in [0.25, 0.3) is 22.2 Å². The van der Waals surface area contributed by atoms with Crippen molar-refractivity contribution in [2.24, 2.45) is 0 Å². The molecular formula is C31H45N5O. The van der Waals surface area contributed by atoms with Gasteiger partial charge in [-0.25, -0.2) is 0 Å². The normalized spacial score (nSPS) is 14.9. The molecule has 1 amide bonds. The van der Waals surface area contributed by atoms with Crippen molar-refractivity contribution in [3.05, 3.63) is 58.7 Å². The van der Waals surface area contributed by atoms with Gasteiger partial charge in [-0.15, -0.1) is 0 Å². The first kappa shape index (κ1) is 27.4. The quantitative estimate of drug-likeness (QED) is 0.354. The van der Waals surface area contributed by atoms with E-state index in [1.807, 2.05) is 4.90 Å². The molecule has 0 bridgehead atoms. The second-order valence-electron chi connectivity index (χ2n) is 11.0. The van der Waals surface area contributed by atoms with Gasteiger partial charge >= 0.3 is 0 Å². The van der Waals surface area contributed by atoms with Crippen LogP contribution < -0.4 is 10.6 Å². The second-order valence-corrected chi connectivity index (χ2v) is 11.0. The van der Waals surface area contributed by atoms with Gasteiger partial charge < -0.3 is 20.5 Å². The van der Waals surface area contributed by atoms with Gasteiger partial charge in [0.2, 0.25) is 5.91 Å². The molecule has 6 heteroatoms. The lowest BCUT2D eigenvalue weighted by atomic mass is 9.82. The van der Waals surface area contributed by atoms with E-state index in [9.17, 15) is 4.79 Å². The van der Waals surface area contributed by atoms with E-state index >= 15 is 0 Å². The molecule has 0 saturated carbocycles. The Morgan fingerprint density at radius 2 is 1.70 bits per heavy atom. The number of piperazine rings is 1. The summed E-state index contributed by atoms with van der Waals surface area (Å²) in [7, 11) is 0. The van der Waals surface area contributed by atoms with Crippen LogP contribution in [0.4, 0.5) is 0 Å². The lowest BCUT2D eigenvalue weighted by Gasteiger charge is -2.31. The number of rotatable bonds is 10. The first-order valence-electron chi connectivity index (χ1n) is 13.9. The highest BCUT2D eigenvalue weighted by molar-refractivity contribution is 5.94.